The highest BCUT2D eigenvalue weighted by molar-refractivity contribution is 7.10. The molecule has 1 saturated carbocycles. The van der Waals surface area contributed by atoms with E-state index in [9.17, 15) is 4.79 Å². The molecule has 3 nitrogen and oxygen atoms in total. The molecular weight excluding hydrogens is 294 g/mol. The number of hydrogen-bond acceptors (Lipinski definition) is 3. The van der Waals surface area contributed by atoms with Crippen LogP contribution in [0.4, 0.5) is 0 Å². The lowest BCUT2D eigenvalue weighted by Gasteiger charge is -2.14. The van der Waals surface area contributed by atoms with E-state index in [0.717, 1.165) is 17.4 Å². The van der Waals surface area contributed by atoms with E-state index in [-0.39, 0.29) is 5.91 Å². The van der Waals surface area contributed by atoms with Gasteiger partial charge in [0.25, 0.3) is 0 Å². The molecule has 1 aliphatic carbocycles. The summed E-state index contributed by atoms with van der Waals surface area (Å²) < 4.78 is 5.78. The Bertz CT molecular complexity index is 698. The van der Waals surface area contributed by atoms with Gasteiger partial charge in [0.1, 0.15) is 11.5 Å². The van der Waals surface area contributed by atoms with E-state index in [2.05, 4.69) is 25.3 Å². The zero-order valence-corrected chi connectivity index (χ0v) is 14.0. The first kappa shape index (κ1) is 15.1. The number of carbonyl (C=O) groups excluding carboxylic acids is 1. The summed E-state index contributed by atoms with van der Waals surface area (Å²) in [5.41, 5.74) is 1.24. The molecule has 2 unspecified atom stereocenters. The molecule has 4 heteroatoms. The molecule has 3 rings (SSSR count). The van der Waals surface area contributed by atoms with Crippen LogP contribution in [-0.2, 0) is 11.3 Å². The second kappa shape index (κ2) is 6.13. The molecule has 1 aliphatic rings. The molecule has 0 aliphatic heterocycles. The van der Waals surface area contributed by atoms with Crippen molar-refractivity contribution in [1.82, 2.24) is 4.90 Å². The number of likely N-dealkylation sites (N-methyl/N-ethyl adjacent to an activating group) is 1. The van der Waals surface area contributed by atoms with Crippen molar-refractivity contribution in [2.24, 2.45) is 5.92 Å². The maximum absolute atomic E-state index is 12.2. The zero-order chi connectivity index (χ0) is 15.7. The van der Waals surface area contributed by atoms with Crippen LogP contribution in [0.25, 0.3) is 6.08 Å². The molecule has 0 spiro atoms. The fraction of sp³-hybridized carbons (Fsp3) is 0.389. The summed E-state index contributed by atoms with van der Waals surface area (Å²) in [6.45, 7) is 4.95. The Hall–Kier alpha value is -1.81. The highest BCUT2D eigenvalue weighted by Gasteiger charge is 2.36. The van der Waals surface area contributed by atoms with Crippen molar-refractivity contribution in [2.45, 2.75) is 32.7 Å². The topological polar surface area (TPSA) is 33.5 Å². The van der Waals surface area contributed by atoms with Gasteiger partial charge in [0.05, 0.1) is 6.54 Å². The molecule has 0 N–H and O–H groups in total. The quantitative estimate of drug-likeness (QED) is 0.764. The Kier molecular flexibility index (Phi) is 4.21. The maximum atomic E-state index is 12.2. The van der Waals surface area contributed by atoms with Gasteiger partial charge in [0.2, 0.25) is 5.91 Å². The Labute approximate surface area is 135 Å². The van der Waals surface area contributed by atoms with Crippen LogP contribution in [0.5, 0.6) is 0 Å². The fourth-order valence-electron chi connectivity index (χ4n) is 2.52. The Balaban J connectivity index is 1.58. The average Bonchev–Trinajstić information content (AvgIpc) is 2.89. The summed E-state index contributed by atoms with van der Waals surface area (Å²) in [7, 11) is 1.82. The van der Waals surface area contributed by atoms with Gasteiger partial charge in [-0.15, -0.1) is 11.3 Å². The molecule has 1 fully saturated rings. The minimum absolute atomic E-state index is 0.00876. The lowest BCUT2D eigenvalue weighted by Crippen LogP contribution is -2.23. The molecule has 116 valence electrons. The number of rotatable bonds is 5. The molecule has 0 radical (unpaired) electrons. The summed E-state index contributed by atoms with van der Waals surface area (Å²) in [5, 5.41) is 2.06. The molecule has 2 heterocycles. The normalized spacial score (nSPS) is 20.5. The Morgan fingerprint density at radius 1 is 1.45 bits per heavy atom. The van der Waals surface area contributed by atoms with Crippen molar-refractivity contribution >= 4 is 23.3 Å². The molecule has 2 aromatic heterocycles. The van der Waals surface area contributed by atoms with Crippen molar-refractivity contribution in [2.75, 3.05) is 7.05 Å². The van der Waals surface area contributed by atoms with Crippen molar-refractivity contribution in [1.29, 1.82) is 0 Å². The minimum Gasteiger partial charge on any atom is -0.461 e. The van der Waals surface area contributed by atoms with Gasteiger partial charge in [0.15, 0.2) is 0 Å². The third-order valence-electron chi connectivity index (χ3n) is 4.24. The van der Waals surface area contributed by atoms with Crippen LogP contribution >= 0.6 is 11.3 Å². The first-order valence-electron chi connectivity index (χ1n) is 7.60. The van der Waals surface area contributed by atoms with Gasteiger partial charge >= 0.3 is 0 Å². The first-order chi connectivity index (χ1) is 10.5. The second-order valence-corrected chi connectivity index (χ2v) is 7.11. The number of thiophene rings is 1. The third kappa shape index (κ3) is 3.33. The van der Waals surface area contributed by atoms with Crippen molar-refractivity contribution < 1.29 is 9.21 Å². The van der Waals surface area contributed by atoms with E-state index < -0.39 is 0 Å². The zero-order valence-electron chi connectivity index (χ0n) is 13.2. The second-order valence-electron chi connectivity index (χ2n) is 6.11. The lowest BCUT2D eigenvalue weighted by molar-refractivity contribution is -0.125. The Morgan fingerprint density at radius 3 is 2.86 bits per heavy atom. The fourth-order valence-corrected chi connectivity index (χ4v) is 3.47. The van der Waals surface area contributed by atoms with Gasteiger partial charge in [-0.2, -0.15) is 0 Å². The highest BCUT2D eigenvalue weighted by Crippen LogP contribution is 2.47. The van der Waals surface area contributed by atoms with Crippen molar-refractivity contribution in [3.63, 3.8) is 0 Å². The Morgan fingerprint density at radius 2 is 2.23 bits per heavy atom. The standard InChI is InChI=1S/C18H21NO2S/c1-12-8-9-22-17(12)11-19(3)18(20)7-5-14-4-6-16(21-14)15-10-13(15)2/h4-9,13,15H,10-11H2,1-3H3/b7-5+. The number of aryl methyl sites for hydroxylation is 1. The number of nitrogens with zero attached hydrogens (tertiary/aromatic N) is 1. The number of furan rings is 1. The summed E-state index contributed by atoms with van der Waals surface area (Å²) in [6, 6.07) is 6.04. The van der Waals surface area contributed by atoms with E-state index in [4.69, 9.17) is 4.42 Å². The molecule has 2 atom stereocenters. The van der Waals surface area contributed by atoms with E-state index in [1.165, 1.54) is 16.9 Å². The smallest absolute Gasteiger partial charge is 0.246 e. The lowest BCUT2D eigenvalue weighted by atomic mass is 10.2. The predicted octanol–water partition coefficient (Wildman–Crippen LogP) is 4.44. The summed E-state index contributed by atoms with van der Waals surface area (Å²) >= 11 is 1.69. The van der Waals surface area contributed by atoms with E-state index >= 15 is 0 Å². The molecule has 1 amide bonds. The van der Waals surface area contributed by atoms with Gasteiger partial charge in [0, 0.05) is 23.9 Å². The third-order valence-corrected chi connectivity index (χ3v) is 5.25. The van der Waals surface area contributed by atoms with Gasteiger partial charge in [-0.25, -0.2) is 0 Å². The van der Waals surface area contributed by atoms with Gasteiger partial charge in [-0.3, -0.25) is 4.79 Å². The van der Waals surface area contributed by atoms with Crippen molar-refractivity contribution in [3.05, 3.63) is 51.6 Å². The summed E-state index contributed by atoms with van der Waals surface area (Å²) in [5.74, 6) is 3.09. The molecule has 2 aromatic rings. The molecule has 0 bridgehead atoms. The SMILES string of the molecule is Cc1ccsc1CN(C)C(=O)/C=C/c1ccc(C2CC2C)o1. The predicted molar refractivity (Wildman–Crippen MR) is 89.8 cm³/mol. The van der Waals surface area contributed by atoms with Gasteiger partial charge in [-0.1, -0.05) is 6.92 Å². The van der Waals surface area contributed by atoms with Crippen LogP contribution in [0, 0.1) is 12.8 Å². The molecule has 22 heavy (non-hydrogen) atoms. The van der Waals surface area contributed by atoms with E-state index in [1.807, 2.05) is 19.2 Å². The number of amides is 1. The van der Waals surface area contributed by atoms with Gasteiger partial charge < -0.3 is 9.32 Å². The van der Waals surface area contributed by atoms with Gasteiger partial charge in [-0.05, 0) is 54.5 Å². The van der Waals surface area contributed by atoms with Crippen molar-refractivity contribution in [3.8, 4) is 0 Å². The van der Waals surface area contributed by atoms with Crippen LogP contribution in [0.2, 0.25) is 0 Å². The van der Waals surface area contributed by atoms with Crippen LogP contribution in [0.3, 0.4) is 0 Å². The number of carbonyl (C=O) groups is 1. The number of hydrogen-bond donors (Lipinski definition) is 0. The van der Waals surface area contributed by atoms with Crippen LogP contribution < -0.4 is 0 Å². The average molecular weight is 315 g/mol. The van der Waals surface area contributed by atoms with E-state index in [0.29, 0.717) is 12.5 Å². The monoisotopic (exact) mass is 315 g/mol. The van der Waals surface area contributed by atoms with Crippen LogP contribution in [-0.4, -0.2) is 17.9 Å². The molecule has 0 aromatic carbocycles. The summed E-state index contributed by atoms with van der Waals surface area (Å²) in [6.07, 6.45) is 4.55. The molecule has 0 saturated heterocycles. The largest absolute Gasteiger partial charge is 0.461 e. The maximum Gasteiger partial charge on any atom is 0.246 e. The summed E-state index contributed by atoms with van der Waals surface area (Å²) in [4.78, 5) is 15.1. The highest BCUT2D eigenvalue weighted by atomic mass is 32.1. The van der Waals surface area contributed by atoms with Crippen LogP contribution in [0.1, 0.15) is 41.2 Å². The van der Waals surface area contributed by atoms with Crippen LogP contribution in [0.15, 0.2) is 34.1 Å². The van der Waals surface area contributed by atoms with E-state index in [1.54, 1.807) is 28.4 Å². The molecular formula is C18H21NO2S. The first-order valence-corrected chi connectivity index (χ1v) is 8.48. The minimum atomic E-state index is -0.00876.